The Morgan fingerprint density at radius 1 is 1.28 bits per heavy atom. The molecule has 7 nitrogen and oxygen atoms in total. The van der Waals surface area contributed by atoms with E-state index in [1.165, 1.54) is 10.6 Å². The Balaban J connectivity index is 1.86. The van der Waals surface area contributed by atoms with E-state index in [-0.39, 0.29) is 24.5 Å². The highest BCUT2D eigenvalue weighted by Crippen LogP contribution is 2.20. The lowest BCUT2D eigenvalue weighted by molar-refractivity contribution is -0.127. The smallest absolute Gasteiger partial charge is 0.246 e. The molecule has 1 aliphatic heterocycles. The van der Waals surface area contributed by atoms with Gasteiger partial charge in [0, 0.05) is 31.6 Å². The number of hydrogen-bond acceptors (Lipinski definition) is 5. The van der Waals surface area contributed by atoms with E-state index in [4.69, 9.17) is 4.74 Å². The van der Waals surface area contributed by atoms with Crippen LogP contribution >= 0.6 is 0 Å². The summed E-state index contributed by atoms with van der Waals surface area (Å²) in [5.41, 5.74) is 1.00. The van der Waals surface area contributed by atoms with Gasteiger partial charge < -0.3 is 15.0 Å². The number of rotatable bonds is 8. The predicted octanol–water partition coefficient (Wildman–Crippen LogP) is 0.141. The molecule has 0 unspecified atom stereocenters. The molecule has 0 bridgehead atoms. The summed E-state index contributed by atoms with van der Waals surface area (Å²) >= 11 is 0. The van der Waals surface area contributed by atoms with Gasteiger partial charge in [-0.15, -0.1) is 0 Å². The van der Waals surface area contributed by atoms with E-state index < -0.39 is 10.0 Å². The first-order chi connectivity index (χ1) is 11.8. The van der Waals surface area contributed by atoms with Crippen LogP contribution in [0.25, 0.3) is 0 Å². The number of carbonyl (C=O) groups excluding carboxylic acids is 1. The lowest BCUT2D eigenvalue weighted by atomic mass is 10.0. The van der Waals surface area contributed by atoms with Crippen molar-refractivity contribution in [2.45, 2.75) is 12.6 Å². The highest BCUT2D eigenvalue weighted by Gasteiger charge is 2.37. The van der Waals surface area contributed by atoms with Crippen LogP contribution in [0.5, 0.6) is 0 Å². The van der Waals surface area contributed by atoms with Gasteiger partial charge >= 0.3 is 0 Å². The molecule has 2 atom stereocenters. The fourth-order valence-electron chi connectivity index (χ4n) is 3.00. The SMILES string of the molecule is CN(C)C[C@@H]1CN(S(C)(=O)=O)C[C@H]1NC(=O)COCc1ccccc1. The minimum Gasteiger partial charge on any atom is -0.367 e. The van der Waals surface area contributed by atoms with Crippen LogP contribution in [0.4, 0.5) is 0 Å². The first kappa shape index (κ1) is 19.8. The van der Waals surface area contributed by atoms with Crippen molar-refractivity contribution in [3.63, 3.8) is 0 Å². The number of carbonyl (C=O) groups is 1. The first-order valence-corrected chi connectivity index (χ1v) is 10.1. The summed E-state index contributed by atoms with van der Waals surface area (Å²) in [7, 11) is 0.610. The number of hydrogen-bond donors (Lipinski definition) is 1. The summed E-state index contributed by atoms with van der Waals surface area (Å²) in [5, 5.41) is 2.93. The van der Waals surface area contributed by atoms with Crippen LogP contribution < -0.4 is 5.32 Å². The zero-order chi connectivity index (χ0) is 18.4. The number of amides is 1. The molecule has 0 radical (unpaired) electrons. The van der Waals surface area contributed by atoms with Gasteiger partial charge in [0.25, 0.3) is 0 Å². The summed E-state index contributed by atoms with van der Waals surface area (Å²) in [5.74, 6) is -0.164. The second-order valence-electron chi connectivity index (χ2n) is 6.75. The number of nitrogens with one attached hydrogen (secondary N) is 1. The van der Waals surface area contributed by atoms with Gasteiger partial charge in [-0.1, -0.05) is 30.3 Å². The van der Waals surface area contributed by atoms with E-state index >= 15 is 0 Å². The fourth-order valence-corrected chi connectivity index (χ4v) is 3.90. The molecule has 1 amide bonds. The van der Waals surface area contributed by atoms with E-state index in [2.05, 4.69) is 5.32 Å². The van der Waals surface area contributed by atoms with Crippen LogP contribution in [0.1, 0.15) is 5.56 Å². The largest absolute Gasteiger partial charge is 0.367 e. The Bertz CT molecular complexity index is 664. The van der Waals surface area contributed by atoms with E-state index in [0.717, 1.165) is 5.56 Å². The Labute approximate surface area is 150 Å². The molecule has 2 rings (SSSR count). The van der Waals surface area contributed by atoms with Crippen molar-refractivity contribution >= 4 is 15.9 Å². The summed E-state index contributed by atoms with van der Waals surface area (Å²) in [4.78, 5) is 14.2. The van der Waals surface area contributed by atoms with E-state index in [9.17, 15) is 13.2 Å². The molecule has 0 saturated carbocycles. The Morgan fingerprint density at radius 3 is 2.56 bits per heavy atom. The van der Waals surface area contributed by atoms with Crippen molar-refractivity contribution in [1.82, 2.24) is 14.5 Å². The topological polar surface area (TPSA) is 79.0 Å². The minimum atomic E-state index is -3.26. The third kappa shape index (κ3) is 6.39. The van der Waals surface area contributed by atoms with Gasteiger partial charge in [0.15, 0.2) is 0 Å². The molecule has 0 aliphatic carbocycles. The maximum absolute atomic E-state index is 12.2. The van der Waals surface area contributed by atoms with Crippen molar-refractivity contribution in [2.24, 2.45) is 5.92 Å². The highest BCUT2D eigenvalue weighted by molar-refractivity contribution is 7.88. The molecule has 1 heterocycles. The van der Waals surface area contributed by atoms with Crippen molar-refractivity contribution in [2.75, 3.05) is 46.6 Å². The van der Waals surface area contributed by atoms with Gasteiger partial charge in [0.05, 0.1) is 12.9 Å². The Morgan fingerprint density at radius 2 is 1.96 bits per heavy atom. The number of nitrogens with zero attached hydrogens (tertiary/aromatic N) is 2. The molecule has 1 aromatic carbocycles. The monoisotopic (exact) mass is 369 g/mol. The van der Waals surface area contributed by atoms with E-state index in [0.29, 0.717) is 26.2 Å². The van der Waals surface area contributed by atoms with E-state index in [1.807, 2.05) is 49.3 Å². The van der Waals surface area contributed by atoms with Crippen LogP contribution in [0.15, 0.2) is 30.3 Å². The lowest BCUT2D eigenvalue weighted by Crippen LogP contribution is -2.44. The maximum Gasteiger partial charge on any atom is 0.246 e. The zero-order valence-electron chi connectivity index (χ0n) is 15.0. The standard InChI is InChI=1S/C17H27N3O4S/c1-19(2)9-15-10-20(25(3,22)23)11-16(15)18-17(21)13-24-12-14-7-5-4-6-8-14/h4-8,15-16H,9-13H2,1-3H3,(H,18,21)/t15-,16-/m1/s1. The predicted molar refractivity (Wildman–Crippen MR) is 96.5 cm³/mol. The molecule has 1 aliphatic rings. The molecular weight excluding hydrogens is 342 g/mol. The normalized spacial score (nSPS) is 21.6. The molecule has 0 aromatic heterocycles. The average Bonchev–Trinajstić information content (AvgIpc) is 2.90. The molecule has 0 spiro atoms. The number of sulfonamides is 1. The third-order valence-electron chi connectivity index (χ3n) is 4.17. The van der Waals surface area contributed by atoms with Gasteiger partial charge in [-0.25, -0.2) is 8.42 Å². The summed E-state index contributed by atoms with van der Waals surface area (Å²) < 4.78 is 30.5. The second kappa shape index (κ2) is 8.75. The maximum atomic E-state index is 12.2. The Kier molecular flexibility index (Phi) is 6.95. The molecule has 1 N–H and O–H groups in total. The van der Waals surface area contributed by atoms with Crippen LogP contribution in [0, 0.1) is 5.92 Å². The molecule has 1 fully saturated rings. The molecule has 1 saturated heterocycles. The second-order valence-corrected chi connectivity index (χ2v) is 8.74. The third-order valence-corrected chi connectivity index (χ3v) is 5.40. The molecule has 1 aromatic rings. The summed E-state index contributed by atoms with van der Waals surface area (Å²) in [6.45, 7) is 1.77. The van der Waals surface area contributed by atoms with Crippen molar-refractivity contribution in [3.8, 4) is 0 Å². The molecule has 25 heavy (non-hydrogen) atoms. The van der Waals surface area contributed by atoms with E-state index in [1.54, 1.807) is 0 Å². The van der Waals surface area contributed by atoms with Crippen molar-refractivity contribution < 1.29 is 17.9 Å². The minimum absolute atomic E-state index is 0.0427. The lowest BCUT2D eigenvalue weighted by Gasteiger charge is -2.22. The average molecular weight is 369 g/mol. The van der Waals surface area contributed by atoms with Gasteiger partial charge in [0.2, 0.25) is 15.9 Å². The van der Waals surface area contributed by atoms with Crippen molar-refractivity contribution in [3.05, 3.63) is 35.9 Å². The summed E-state index contributed by atoms with van der Waals surface area (Å²) in [6.07, 6.45) is 1.20. The molecular formula is C17H27N3O4S. The van der Waals surface area contributed by atoms with Crippen LogP contribution in [-0.2, 0) is 26.2 Å². The van der Waals surface area contributed by atoms with Crippen LogP contribution in [0.3, 0.4) is 0 Å². The zero-order valence-corrected chi connectivity index (χ0v) is 15.8. The van der Waals surface area contributed by atoms with Gasteiger partial charge in [-0.05, 0) is 19.7 Å². The molecule has 8 heteroatoms. The van der Waals surface area contributed by atoms with Gasteiger partial charge in [0.1, 0.15) is 6.61 Å². The van der Waals surface area contributed by atoms with Crippen LogP contribution in [0.2, 0.25) is 0 Å². The Hall–Kier alpha value is -1.48. The molecule has 140 valence electrons. The number of ether oxygens (including phenoxy) is 1. The van der Waals surface area contributed by atoms with Crippen LogP contribution in [-0.4, -0.2) is 76.2 Å². The fraction of sp³-hybridized carbons (Fsp3) is 0.588. The van der Waals surface area contributed by atoms with Gasteiger partial charge in [-0.2, -0.15) is 4.31 Å². The highest BCUT2D eigenvalue weighted by atomic mass is 32.2. The van der Waals surface area contributed by atoms with Crippen molar-refractivity contribution in [1.29, 1.82) is 0 Å². The van der Waals surface area contributed by atoms with Gasteiger partial charge in [-0.3, -0.25) is 4.79 Å². The quantitative estimate of drug-likeness (QED) is 0.705. The number of benzene rings is 1. The first-order valence-electron chi connectivity index (χ1n) is 8.26. The summed E-state index contributed by atoms with van der Waals surface area (Å²) in [6, 6.07) is 9.43.